The summed E-state index contributed by atoms with van der Waals surface area (Å²) >= 11 is 0. The van der Waals surface area contributed by atoms with Crippen LogP contribution in [0.25, 0.3) is 0 Å². The number of nitro groups is 1. The van der Waals surface area contributed by atoms with Crippen LogP contribution in [0.15, 0.2) is 41.3 Å². The summed E-state index contributed by atoms with van der Waals surface area (Å²) in [5, 5.41) is 10.7. The number of rotatable bonds is 6. The molecule has 6 nitrogen and oxygen atoms in total. The second-order valence-electron chi connectivity index (χ2n) is 8.67. The zero-order valence-electron chi connectivity index (χ0n) is 19.6. The number of nitro benzene ring substituents is 1. The van der Waals surface area contributed by atoms with Gasteiger partial charge >= 0.3 is 5.97 Å². The Hall–Kier alpha value is -2.98. The molecule has 7 heteroatoms. The van der Waals surface area contributed by atoms with Gasteiger partial charge in [0, 0.05) is 28.6 Å². The summed E-state index contributed by atoms with van der Waals surface area (Å²) in [6.45, 7) is 7.23. The van der Waals surface area contributed by atoms with Gasteiger partial charge in [-0.15, -0.1) is 0 Å². The summed E-state index contributed by atoms with van der Waals surface area (Å²) < 4.78 is 11.3. The van der Waals surface area contributed by atoms with Crippen molar-refractivity contribution in [3.05, 3.63) is 63.2 Å². The van der Waals surface area contributed by atoms with Gasteiger partial charge in [-0.1, -0.05) is 11.8 Å². The Labute approximate surface area is 198 Å². The zero-order chi connectivity index (χ0) is 24.0. The second-order valence-corrected chi connectivity index (χ2v) is 10.9. The van der Waals surface area contributed by atoms with Crippen molar-refractivity contribution in [3.8, 4) is 17.6 Å². The predicted molar refractivity (Wildman–Crippen MR) is 131 cm³/mol. The van der Waals surface area contributed by atoms with E-state index in [1.807, 2.05) is 13.8 Å². The van der Waals surface area contributed by atoms with Crippen LogP contribution in [0.4, 0.5) is 5.69 Å². The van der Waals surface area contributed by atoms with Crippen LogP contribution in [0, 0.1) is 35.8 Å². The van der Waals surface area contributed by atoms with Crippen LogP contribution < -0.4 is 4.74 Å². The molecule has 0 spiro atoms. The number of nitrogens with zero attached hydrogens (tertiary/aromatic N) is 1. The molecule has 0 aliphatic carbocycles. The van der Waals surface area contributed by atoms with Gasteiger partial charge in [-0.3, -0.25) is 10.1 Å². The van der Waals surface area contributed by atoms with Crippen LogP contribution in [-0.4, -0.2) is 34.6 Å². The molecule has 1 saturated heterocycles. The first kappa shape index (κ1) is 24.7. The Bertz CT molecular complexity index is 1050. The molecule has 0 amide bonds. The summed E-state index contributed by atoms with van der Waals surface area (Å²) in [6, 6.07) is 10.3. The van der Waals surface area contributed by atoms with E-state index in [2.05, 4.69) is 24.0 Å². The Morgan fingerprint density at radius 3 is 2.27 bits per heavy atom. The van der Waals surface area contributed by atoms with Crippen LogP contribution in [0.5, 0.6) is 5.75 Å². The van der Waals surface area contributed by atoms with Gasteiger partial charge in [0.05, 0.1) is 4.92 Å². The lowest BCUT2D eigenvalue weighted by Crippen LogP contribution is -2.29. The average molecular weight is 469 g/mol. The lowest BCUT2D eigenvalue weighted by molar-refractivity contribution is -0.384. The quantitative estimate of drug-likeness (QED) is 0.193. The highest BCUT2D eigenvalue weighted by Gasteiger charge is 2.26. The van der Waals surface area contributed by atoms with Crippen LogP contribution in [0.1, 0.15) is 49.8 Å². The Kier molecular flexibility index (Phi) is 8.04. The molecular weight excluding hydrogens is 438 g/mol. The number of ether oxygens (including phenoxy) is 2. The van der Waals surface area contributed by atoms with E-state index in [0.29, 0.717) is 16.5 Å². The van der Waals surface area contributed by atoms with Gasteiger partial charge in [-0.2, -0.15) is 0 Å². The Balaban J connectivity index is 1.58. The van der Waals surface area contributed by atoms with Gasteiger partial charge in [0.2, 0.25) is 0 Å². The number of non-ortho nitro benzene ring substituents is 1. The number of benzene rings is 2. The van der Waals surface area contributed by atoms with Crippen molar-refractivity contribution in [3.63, 3.8) is 0 Å². The largest absolute Gasteiger partial charge is 0.481 e. The van der Waals surface area contributed by atoms with Crippen molar-refractivity contribution in [1.82, 2.24) is 0 Å². The molecule has 0 atom stereocenters. The first-order valence-corrected chi connectivity index (χ1v) is 12.6. The molecule has 1 heterocycles. The van der Waals surface area contributed by atoms with Crippen molar-refractivity contribution >= 4 is 22.6 Å². The normalized spacial score (nSPS) is 14.2. The maximum absolute atomic E-state index is 12.4. The van der Waals surface area contributed by atoms with Crippen molar-refractivity contribution in [2.75, 3.05) is 18.1 Å². The van der Waals surface area contributed by atoms with Crippen molar-refractivity contribution < 1.29 is 19.2 Å². The molecular formula is C26H30NO5S+. The third-order valence-corrected chi connectivity index (χ3v) is 7.80. The standard InChI is InChI=1S/C26H30NO5S/c1-19-16-23(33-14-6-5-7-15-33)17-20(2)25(19)31-18-24(28)32-26(3,4)13-12-21-8-10-22(11-9-21)27(29)30/h8-11,16-17H,5-7,14-15,18H2,1-4H3/q+1. The van der Waals surface area contributed by atoms with E-state index in [-0.39, 0.29) is 12.3 Å². The summed E-state index contributed by atoms with van der Waals surface area (Å²) in [5.41, 5.74) is 1.64. The van der Waals surface area contributed by atoms with E-state index in [9.17, 15) is 14.9 Å². The molecule has 2 aromatic carbocycles. The van der Waals surface area contributed by atoms with E-state index in [1.54, 1.807) is 26.0 Å². The molecule has 0 radical (unpaired) electrons. The number of hydrogen-bond donors (Lipinski definition) is 0. The van der Waals surface area contributed by atoms with Crippen LogP contribution >= 0.6 is 0 Å². The van der Waals surface area contributed by atoms with Crippen molar-refractivity contribution in [2.24, 2.45) is 0 Å². The molecule has 1 fully saturated rings. The number of hydrogen-bond acceptors (Lipinski definition) is 5. The highest BCUT2D eigenvalue weighted by molar-refractivity contribution is 7.96. The maximum atomic E-state index is 12.4. The summed E-state index contributed by atoms with van der Waals surface area (Å²) in [4.78, 5) is 24.1. The number of aryl methyl sites for hydroxylation is 2. The molecule has 3 rings (SSSR count). The Morgan fingerprint density at radius 1 is 1.09 bits per heavy atom. The molecule has 0 saturated carbocycles. The number of esters is 1. The minimum atomic E-state index is -1.03. The maximum Gasteiger partial charge on any atom is 0.345 e. The van der Waals surface area contributed by atoms with Gasteiger partial charge in [-0.25, -0.2) is 4.79 Å². The lowest BCUT2D eigenvalue weighted by Gasteiger charge is -2.20. The third-order valence-electron chi connectivity index (χ3n) is 5.34. The average Bonchev–Trinajstić information content (AvgIpc) is 2.77. The van der Waals surface area contributed by atoms with Crippen molar-refractivity contribution in [2.45, 2.75) is 57.5 Å². The molecule has 1 aliphatic rings. The molecule has 33 heavy (non-hydrogen) atoms. The fraction of sp³-hybridized carbons (Fsp3) is 0.423. The van der Waals surface area contributed by atoms with E-state index >= 15 is 0 Å². The fourth-order valence-corrected chi connectivity index (χ4v) is 6.20. The smallest absolute Gasteiger partial charge is 0.345 e. The minimum Gasteiger partial charge on any atom is -0.481 e. The molecule has 174 valence electrons. The molecule has 0 N–H and O–H groups in total. The molecule has 0 unspecified atom stereocenters. The minimum absolute atomic E-state index is 0.00113. The second kappa shape index (κ2) is 10.8. The lowest BCUT2D eigenvalue weighted by atomic mass is 10.1. The topological polar surface area (TPSA) is 78.7 Å². The van der Waals surface area contributed by atoms with Crippen LogP contribution in [-0.2, 0) is 20.4 Å². The molecule has 2 aromatic rings. The van der Waals surface area contributed by atoms with Crippen LogP contribution in [0.3, 0.4) is 0 Å². The SMILES string of the molecule is Cc1cc([S+]2CCCCC2)cc(C)c1OCC(=O)OC(C)(C)C#Cc1ccc([N+](=O)[O-])cc1. The van der Waals surface area contributed by atoms with Gasteiger partial charge in [-0.05, 0) is 82.3 Å². The van der Waals surface area contributed by atoms with E-state index in [4.69, 9.17) is 9.47 Å². The van der Waals surface area contributed by atoms with Gasteiger partial charge < -0.3 is 9.47 Å². The van der Waals surface area contributed by atoms with Crippen LogP contribution in [0.2, 0.25) is 0 Å². The van der Waals surface area contributed by atoms with Gasteiger partial charge in [0.25, 0.3) is 5.69 Å². The highest BCUT2D eigenvalue weighted by atomic mass is 32.2. The van der Waals surface area contributed by atoms with Gasteiger partial charge in [0.1, 0.15) is 17.3 Å². The molecule has 1 aliphatic heterocycles. The zero-order valence-corrected chi connectivity index (χ0v) is 20.4. The summed E-state index contributed by atoms with van der Waals surface area (Å²) in [7, 11) is 0.319. The summed E-state index contributed by atoms with van der Waals surface area (Å²) in [5.74, 6) is 8.55. The van der Waals surface area contributed by atoms with Gasteiger partial charge in [0.15, 0.2) is 17.1 Å². The van der Waals surface area contributed by atoms with E-state index in [1.165, 1.54) is 47.8 Å². The van der Waals surface area contributed by atoms with Crippen molar-refractivity contribution in [1.29, 1.82) is 0 Å². The van der Waals surface area contributed by atoms with E-state index < -0.39 is 16.5 Å². The number of carbonyl (C=O) groups excluding carboxylic acids is 1. The number of carbonyl (C=O) groups is 1. The third kappa shape index (κ3) is 7.00. The molecule has 0 bridgehead atoms. The fourth-order valence-electron chi connectivity index (χ4n) is 3.73. The monoisotopic (exact) mass is 468 g/mol. The first-order chi connectivity index (χ1) is 15.6. The first-order valence-electron chi connectivity index (χ1n) is 11.1. The summed E-state index contributed by atoms with van der Waals surface area (Å²) in [6.07, 6.45) is 3.93. The molecule has 0 aromatic heterocycles. The highest BCUT2D eigenvalue weighted by Crippen LogP contribution is 2.30. The predicted octanol–water partition coefficient (Wildman–Crippen LogP) is 5.13. The Morgan fingerprint density at radius 2 is 1.70 bits per heavy atom. The van der Waals surface area contributed by atoms with E-state index in [0.717, 1.165) is 16.9 Å².